The van der Waals surface area contributed by atoms with E-state index in [2.05, 4.69) is 20.9 Å². The number of hydrogen-bond acceptors (Lipinski definition) is 2. The number of benzene rings is 1. The van der Waals surface area contributed by atoms with E-state index in [1.165, 1.54) is 0 Å². The van der Waals surface area contributed by atoms with Crippen molar-refractivity contribution in [3.63, 3.8) is 0 Å². The van der Waals surface area contributed by atoms with Crippen molar-refractivity contribution in [2.24, 2.45) is 7.05 Å². The molecule has 0 unspecified atom stereocenters. The Morgan fingerprint density at radius 3 is 2.93 bits per heavy atom. The van der Waals surface area contributed by atoms with Gasteiger partial charge in [-0.1, -0.05) is 15.9 Å². The molecule has 4 heteroatoms. The van der Waals surface area contributed by atoms with Crippen molar-refractivity contribution in [2.45, 2.75) is 13.3 Å². The number of nitrogens with zero attached hydrogens (tertiary/aromatic N) is 2. The predicted octanol–water partition coefficient (Wildman–Crippen LogP) is 2.47. The number of aromatic nitrogens is 2. The first-order chi connectivity index (χ1) is 7.08. The average Bonchev–Trinajstić information content (AvgIpc) is 2.48. The Bertz CT molecular complexity index is 531. The van der Waals surface area contributed by atoms with Crippen LogP contribution in [0.25, 0.3) is 11.0 Å². The molecule has 3 nitrogen and oxygen atoms in total. The average molecular weight is 267 g/mol. The zero-order chi connectivity index (χ0) is 11.0. The lowest BCUT2D eigenvalue weighted by atomic mass is 10.1. The maximum absolute atomic E-state index is 11.1. The molecular weight excluding hydrogens is 256 g/mol. The van der Waals surface area contributed by atoms with Crippen LogP contribution in [0.5, 0.6) is 0 Å². The second-order valence-corrected chi connectivity index (χ2v) is 4.52. The molecule has 0 aliphatic heterocycles. The van der Waals surface area contributed by atoms with Gasteiger partial charge in [0.2, 0.25) is 0 Å². The highest BCUT2D eigenvalue weighted by atomic mass is 79.9. The van der Waals surface area contributed by atoms with Gasteiger partial charge >= 0.3 is 0 Å². The normalized spacial score (nSPS) is 10.9. The lowest BCUT2D eigenvalue weighted by molar-refractivity contribution is -0.116. The number of ketones is 1. The Labute approximate surface area is 96.2 Å². The van der Waals surface area contributed by atoms with Gasteiger partial charge in [-0.2, -0.15) is 0 Å². The number of Topliss-reactive ketones (excluding diaryl/α,β-unsaturated/α-hetero) is 1. The molecule has 0 saturated heterocycles. The molecule has 15 heavy (non-hydrogen) atoms. The molecule has 0 N–H and O–H groups in total. The van der Waals surface area contributed by atoms with Gasteiger partial charge in [0.25, 0.3) is 0 Å². The van der Waals surface area contributed by atoms with Gasteiger partial charge in [0.15, 0.2) is 0 Å². The quantitative estimate of drug-likeness (QED) is 0.837. The van der Waals surface area contributed by atoms with Crippen LogP contribution < -0.4 is 0 Å². The zero-order valence-corrected chi connectivity index (χ0v) is 10.2. The molecule has 1 aromatic heterocycles. The molecule has 0 fully saturated rings. The molecule has 0 atom stereocenters. The minimum atomic E-state index is 0.164. The van der Waals surface area contributed by atoms with E-state index < -0.39 is 0 Å². The van der Waals surface area contributed by atoms with E-state index in [0.29, 0.717) is 6.42 Å². The summed E-state index contributed by atoms with van der Waals surface area (Å²) in [7, 11) is 1.95. The van der Waals surface area contributed by atoms with Gasteiger partial charge in [-0.15, -0.1) is 0 Å². The standard InChI is InChI=1S/C11H11BrN2O/c1-7(15)3-8-4-11-10(5-9(8)12)13-6-14(11)2/h4-6H,3H2,1-2H3. The van der Waals surface area contributed by atoms with Gasteiger partial charge in [-0.05, 0) is 24.6 Å². The van der Waals surface area contributed by atoms with Crippen LogP contribution in [-0.4, -0.2) is 15.3 Å². The number of halogens is 1. The number of rotatable bonds is 2. The Balaban J connectivity index is 2.59. The van der Waals surface area contributed by atoms with Gasteiger partial charge in [-0.25, -0.2) is 4.98 Å². The zero-order valence-electron chi connectivity index (χ0n) is 8.62. The van der Waals surface area contributed by atoms with Crippen molar-refractivity contribution in [1.29, 1.82) is 0 Å². The molecule has 0 spiro atoms. The van der Waals surface area contributed by atoms with Crippen molar-refractivity contribution >= 4 is 32.7 Å². The Morgan fingerprint density at radius 1 is 1.53 bits per heavy atom. The van der Waals surface area contributed by atoms with Crippen LogP contribution in [0, 0.1) is 0 Å². The second kappa shape index (κ2) is 3.77. The minimum Gasteiger partial charge on any atom is -0.334 e. The van der Waals surface area contributed by atoms with Gasteiger partial charge in [0, 0.05) is 17.9 Å². The first kappa shape index (κ1) is 10.4. The number of carbonyl (C=O) groups is 1. The summed E-state index contributed by atoms with van der Waals surface area (Å²) in [5, 5.41) is 0. The molecule has 1 heterocycles. The van der Waals surface area contributed by atoms with Gasteiger partial charge < -0.3 is 4.57 Å². The molecular formula is C11H11BrN2O. The smallest absolute Gasteiger partial charge is 0.134 e. The van der Waals surface area contributed by atoms with Gasteiger partial charge in [0.05, 0.1) is 17.4 Å². The van der Waals surface area contributed by atoms with E-state index in [-0.39, 0.29) is 5.78 Å². The highest BCUT2D eigenvalue weighted by Gasteiger charge is 2.07. The van der Waals surface area contributed by atoms with E-state index >= 15 is 0 Å². The molecule has 0 saturated carbocycles. The van der Waals surface area contributed by atoms with Crippen LogP contribution >= 0.6 is 15.9 Å². The van der Waals surface area contributed by atoms with Crippen LogP contribution in [0.1, 0.15) is 12.5 Å². The second-order valence-electron chi connectivity index (χ2n) is 3.67. The number of hydrogen-bond donors (Lipinski definition) is 0. The fourth-order valence-corrected chi connectivity index (χ4v) is 2.07. The third-order valence-corrected chi connectivity index (χ3v) is 3.07. The maximum atomic E-state index is 11.1. The molecule has 2 rings (SSSR count). The summed E-state index contributed by atoms with van der Waals surface area (Å²) in [5.41, 5.74) is 3.00. The van der Waals surface area contributed by atoms with Crippen LogP contribution in [0.4, 0.5) is 0 Å². The molecule has 2 aromatic rings. The topological polar surface area (TPSA) is 34.9 Å². The monoisotopic (exact) mass is 266 g/mol. The SMILES string of the molecule is CC(=O)Cc1cc2c(cc1Br)ncn2C. The van der Waals surface area contributed by atoms with Crippen LogP contribution in [0.15, 0.2) is 22.9 Å². The van der Waals surface area contributed by atoms with Crippen molar-refractivity contribution < 1.29 is 4.79 Å². The summed E-state index contributed by atoms with van der Waals surface area (Å²) < 4.78 is 2.90. The molecule has 1 aromatic carbocycles. The number of imidazole rings is 1. The van der Waals surface area contributed by atoms with Crippen LogP contribution in [-0.2, 0) is 18.3 Å². The summed E-state index contributed by atoms with van der Waals surface area (Å²) in [6.07, 6.45) is 2.23. The minimum absolute atomic E-state index is 0.164. The van der Waals surface area contributed by atoms with Crippen molar-refractivity contribution in [3.8, 4) is 0 Å². The molecule has 0 radical (unpaired) electrons. The van der Waals surface area contributed by atoms with E-state index in [9.17, 15) is 4.79 Å². The van der Waals surface area contributed by atoms with Gasteiger partial charge in [-0.3, -0.25) is 4.79 Å². The molecule has 0 amide bonds. The summed E-state index contributed by atoms with van der Waals surface area (Å²) in [6.45, 7) is 1.60. The van der Waals surface area contributed by atoms with Crippen LogP contribution in [0.2, 0.25) is 0 Å². The van der Waals surface area contributed by atoms with E-state index in [1.54, 1.807) is 13.3 Å². The lowest BCUT2D eigenvalue weighted by Crippen LogP contribution is -1.98. The Kier molecular flexibility index (Phi) is 2.61. The maximum Gasteiger partial charge on any atom is 0.134 e. The predicted molar refractivity (Wildman–Crippen MR) is 62.8 cm³/mol. The Morgan fingerprint density at radius 2 is 2.27 bits per heavy atom. The Hall–Kier alpha value is -1.16. The first-order valence-electron chi connectivity index (χ1n) is 4.67. The third kappa shape index (κ3) is 1.95. The number of carbonyl (C=O) groups excluding carboxylic acids is 1. The van der Waals surface area contributed by atoms with Crippen molar-refractivity contribution in [1.82, 2.24) is 9.55 Å². The highest BCUT2D eigenvalue weighted by molar-refractivity contribution is 9.10. The summed E-state index contributed by atoms with van der Waals surface area (Å²) in [4.78, 5) is 15.3. The molecule has 0 aliphatic carbocycles. The highest BCUT2D eigenvalue weighted by Crippen LogP contribution is 2.23. The van der Waals surface area contributed by atoms with Crippen molar-refractivity contribution in [2.75, 3.05) is 0 Å². The van der Waals surface area contributed by atoms with E-state index in [0.717, 1.165) is 21.1 Å². The van der Waals surface area contributed by atoms with Gasteiger partial charge in [0.1, 0.15) is 5.78 Å². The third-order valence-electron chi connectivity index (χ3n) is 2.33. The first-order valence-corrected chi connectivity index (χ1v) is 5.46. The summed E-state index contributed by atoms with van der Waals surface area (Å²) in [6, 6.07) is 3.96. The molecule has 0 aliphatic rings. The summed E-state index contributed by atoms with van der Waals surface area (Å²) >= 11 is 3.45. The fraction of sp³-hybridized carbons (Fsp3) is 0.273. The fourth-order valence-electron chi connectivity index (χ4n) is 1.60. The largest absolute Gasteiger partial charge is 0.334 e. The summed E-state index contributed by atoms with van der Waals surface area (Å²) in [5.74, 6) is 0.164. The molecule has 78 valence electrons. The van der Waals surface area contributed by atoms with Crippen LogP contribution in [0.3, 0.4) is 0 Å². The number of fused-ring (bicyclic) bond motifs is 1. The number of aryl methyl sites for hydroxylation is 1. The van der Waals surface area contributed by atoms with E-state index in [4.69, 9.17) is 0 Å². The lowest BCUT2D eigenvalue weighted by Gasteiger charge is -2.03. The molecule has 0 bridgehead atoms. The van der Waals surface area contributed by atoms with E-state index in [1.807, 2.05) is 23.7 Å². The van der Waals surface area contributed by atoms with Crippen molar-refractivity contribution in [3.05, 3.63) is 28.5 Å².